The zero-order chi connectivity index (χ0) is 19.7. The van der Waals surface area contributed by atoms with Gasteiger partial charge in [-0.3, -0.25) is 9.59 Å². The lowest BCUT2D eigenvalue weighted by molar-refractivity contribution is -0.171. The molecule has 4 nitrogen and oxygen atoms in total. The topological polar surface area (TPSA) is 52.6 Å². The summed E-state index contributed by atoms with van der Waals surface area (Å²) in [4.78, 5) is 25.7. The first-order valence-electron chi connectivity index (χ1n) is 9.16. The summed E-state index contributed by atoms with van der Waals surface area (Å²) in [6.45, 7) is 5.42. The van der Waals surface area contributed by atoms with Crippen molar-refractivity contribution >= 4 is 18.0 Å². The maximum absolute atomic E-state index is 12.9. The van der Waals surface area contributed by atoms with Gasteiger partial charge in [-0.2, -0.15) is 0 Å². The number of rotatable bonds is 8. The highest BCUT2D eigenvalue weighted by Gasteiger charge is 2.50. The minimum Gasteiger partial charge on any atom is -0.465 e. The van der Waals surface area contributed by atoms with Gasteiger partial charge in [0.25, 0.3) is 0 Å². The van der Waals surface area contributed by atoms with Crippen LogP contribution in [-0.4, -0.2) is 25.2 Å². The van der Waals surface area contributed by atoms with Crippen molar-refractivity contribution in [3.05, 3.63) is 77.9 Å². The van der Waals surface area contributed by atoms with Gasteiger partial charge in [-0.1, -0.05) is 72.8 Å². The van der Waals surface area contributed by atoms with Crippen LogP contribution in [0.5, 0.6) is 0 Å². The molecular formula is C23H26O4. The first-order chi connectivity index (χ1) is 13.0. The number of esters is 2. The van der Waals surface area contributed by atoms with Crippen molar-refractivity contribution in [3.8, 4) is 0 Å². The van der Waals surface area contributed by atoms with Crippen molar-refractivity contribution < 1.29 is 19.1 Å². The standard InChI is InChI=1S/C23H26O4/c1-4-26-21(24)23(3,22(25)27-5-2)20(19-14-10-7-11-15-19)17-16-18-12-8-6-9-13-18/h6-17,20H,4-5H2,1-3H3/b17-16+/t20-/m0/s1. The lowest BCUT2D eigenvalue weighted by Gasteiger charge is -2.32. The zero-order valence-corrected chi connectivity index (χ0v) is 16.1. The van der Waals surface area contributed by atoms with Crippen LogP contribution >= 0.6 is 0 Å². The third kappa shape index (κ3) is 4.85. The number of ether oxygens (including phenoxy) is 2. The van der Waals surface area contributed by atoms with Gasteiger partial charge in [-0.05, 0) is 31.9 Å². The third-order valence-corrected chi connectivity index (χ3v) is 4.46. The Hall–Kier alpha value is -2.88. The number of carbonyl (C=O) groups excluding carboxylic acids is 2. The number of hydrogen-bond donors (Lipinski definition) is 0. The first kappa shape index (κ1) is 20.4. The quantitative estimate of drug-likeness (QED) is 0.505. The Kier molecular flexibility index (Phi) is 7.35. The summed E-state index contributed by atoms with van der Waals surface area (Å²) < 4.78 is 10.5. The van der Waals surface area contributed by atoms with Crippen molar-refractivity contribution in [2.75, 3.05) is 13.2 Å². The van der Waals surface area contributed by atoms with Crippen molar-refractivity contribution in [2.45, 2.75) is 26.7 Å². The summed E-state index contributed by atoms with van der Waals surface area (Å²) in [5.74, 6) is -1.71. The minimum absolute atomic E-state index is 0.192. The highest BCUT2D eigenvalue weighted by molar-refractivity contribution is 6.01. The van der Waals surface area contributed by atoms with Crippen LogP contribution in [0, 0.1) is 5.41 Å². The normalized spacial score (nSPS) is 12.6. The monoisotopic (exact) mass is 366 g/mol. The van der Waals surface area contributed by atoms with E-state index >= 15 is 0 Å². The lowest BCUT2D eigenvalue weighted by atomic mass is 9.72. The second-order valence-electron chi connectivity index (χ2n) is 6.30. The van der Waals surface area contributed by atoms with E-state index in [4.69, 9.17) is 9.47 Å². The summed E-state index contributed by atoms with van der Waals surface area (Å²) in [7, 11) is 0. The van der Waals surface area contributed by atoms with E-state index in [0.717, 1.165) is 11.1 Å². The molecule has 0 aliphatic heterocycles. The fraction of sp³-hybridized carbons (Fsp3) is 0.304. The molecule has 0 aliphatic carbocycles. The van der Waals surface area contributed by atoms with Crippen LogP contribution in [0.15, 0.2) is 66.7 Å². The van der Waals surface area contributed by atoms with E-state index in [1.54, 1.807) is 20.8 Å². The van der Waals surface area contributed by atoms with Crippen molar-refractivity contribution in [1.82, 2.24) is 0 Å². The molecule has 0 unspecified atom stereocenters. The van der Waals surface area contributed by atoms with E-state index in [0.29, 0.717) is 0 Å². The zero-order valence-electron chi connectivity index (χ0n) is 16.1. The van der Waals surface area contributed by atoms with Gasteiger partial charge in [0, 0.05) is 5.92 Å². The van der Waals surface area contributed by atoms with Gasteiger partial charge in [-0.25, -0.2) is 0 Å². The Morgan fingerprint density at radius 2 is 1.37 bits per heavy atom. The smallest absolute Gasteiger partial charge is 0.324 e. The van der Waals surface area contributed by atoms with Crippen LogP contribution in [0.1, 0.15) is 37.8 Å². The van der Waals surface area contributed by atoms with E-state index in [-0.39, 0.29) is 13.2 Å². The molecular weight excluding hydrogens is 340 g/mol. The average molecular weight is 366 g/mol. The number of benzene rings is 2. The Morgan fingerprint density at radius 3 is 1.85 bits per heavy atom. The molecule has 0 bridgehead atoms. The fourth-order valence-corrected chi connectivity index (χ4v) is 2.97. The molecule has 0 N–H and O–H groups in total. The Bertz CT molecular complexity index is 747. The molecule has 0 fully saturated rings. The molecule has 2 rings (SSSR count). The molecule has 0 heterocycles. The highest BCUT2D eigenvalue weighted by Crippen LogP contribution is 2.40. The van der Waals surface area contributed by atoms with Crippen LogP contribution in [0.4, 0.5) is 0 Å². The van der Waals surface area contributed by atoms with E-state index in [2.05, 4.69) is 0 Å². The summed E-state index contributed by atoms with van der Waals surface area (Å²) in [5, 5.41) is 0. The first-order valence-corrected chi connectivity index (χ1v) is 9.16. The summed E-state index contributed by atoms with van der Waals surface area (Å²) in [6, 6.07) is 19.2. The van der Waals surface area contributed by atoms with Crippen LogP contribution in [0.2, 0.25) is 0 Å². The van der Waals surface area contributed by atoms with Gasteiger partial charge >= 0.3 is 11.9 Å². The molecule has 0 saturated heterocycles. The van der Waals surface area contributed by atoms with E-state index in [9.17, 15) is 9.59 Å². The van der Waals surface area contributed by atoms with Gasteiger partial charge in [0.15, 0.2) is 5.41 Å². The van der Waals surface area contributed by atoms with Crippen LogP contribution < -0.4 is 0 Å². The van der Waals surface area contributed by atoms with Crippen LogP contribution in [-0.2, 0) is 19.1 Å². The van der Waals surface area contributed by atoms with Crippen molar-refractivity contribution in [1.29, 1.82) is 0 Å². The van der Waals surface area contributed by atoms with Gasteiger partial charge in [0.2, 0.25) is 0 Å². The molecule has 4 heteroatoms. The molecule has 142 valence electrons. The second-order valence-corrected chi connectivity index (χ2v) is 6.30. The highest BCUT2D eigenvalue weighted by atomic mass is 16.6. The fourth-order valence-electron chi connectivity index (χ4n) is 2.97. The molecule has 0 aromatic heterocycles. The Morgan fingerprint density at radius 1 is 0.889 bits per heavy atom. The van der Waals surface area contributed by atoms with Gasteiger partial charge < -0.3 is 9.47 Å². The molecule has 0 spiro atoms. The minimum atomic E-state index is -1.49. The second kappa shape index (κ2) is 9.72. The predicted molar refractivity (Wildman–Crippen MR) is 106 cm³/mol. The molecule has 2 aromatic rings. The largest absolute Gasteiger partial charge is 0.465 e. The lowest BCUT2D eigenvalue weighted by Crippen LogP contribution is -2.44. The average Bonchev–Trinajstić information content (AvgIpc) is 2.69. The van der Waals surface area contributed by atoms with E-state index < -0.39 is 23.3 Å². The van der Waals surface area contributed by atoms with Gasteiger partial charge in [0.1, 0.15) is 0 Å². The third-order valence-electron chi connectivity index (χ3n) is 4.46. The van der Waals surface area contributed by atoms with Crippen molar-refractivity contribution in [3.63, 3.8) is 0 Å². The molecule has 0 aliphatic rings. The van der Waals surface area contributed by atoms with Gasteiger partial charge in [0.05, 0.1) is 13.2 Å². The maximum atomic E-state index is 12.9. The Labute approximate surface area is 160 Å². The predicted octanol–water partition coefficient (Wildman–Crippen LogP) is 4.62. The number of carbonyl (C=O) groups is 2. The van der Waals surface area contributed by atoms with Crippen LogP contribution in [0.25, 0.3) is 6.08 Å². The molecule has 0 amide bonds. The number of allylic oxidation sites excluding steroid dienone is 1. The molecule has 0 saturated carbocycles. The molecule has 2 aromatic carbocycles. The van der Waals surface area contributed by atoms with Crippen LogP contribution in [0.3, 0.4) is 0 Å². The SMILES string of the molecule is CCOC(=O)C(C)(C(=O)OCC)[C@@H](/C=C/c1ccccc1)c1ccccc1. The maximum Gasteiger partial charge on any atom is 0.324 e. The molecule has 27 heavy (non-hydrogen) atoms. The number of hydrogen-bond acceptors (Lipinski definition) is 4. The molecule has 0 radical (unpaired) electrons. The summed E-state index contributed by atoms with van der Waals surface area (Å²) >= 11 is 0. The van der Waals surface area contributed by atoms with E-state index in [1.807, 2.05) is 72.8 Å². The summed E-state index contributed by atoms with van der Waals surface area (Å²) in [6.07, 6.45) is 3.78. The van der Waals surface area contributed by atoms with Crippen molar-refractivity contribution in [2.24, 2.45) is 5.41 Å². The summed E-state index contributed by atoms with van der Waals surface area (Å²) in [5.41, 5.74) is 0.334. The van der Waals surface area contributed by atoms with Gasteiger partial charge in [-0.15, -0.1) is 0 Å². The molecule has 1 atom stereocenters. The van der Waals surface area contributed by atoms with E-state index in [1.165, 1.54) is 0 Å². The Balaban J connectivity index is 2.54.